The van der Waals surface area contributed by atoms with Gasteiger partial charge in [-0.25, -0.2) is 0 Å². The van der Waals surface area contributed by atoms with Crippen molar-refractivity contribution >= 4 is 29.3 Å². The summed E-state index contributed by atoms with van der Waals surface area (Å²) in [6.07, 6.45) is -4.58. The summed E-state index contributed by atoms with van der Waals surface area (Å²) in [7, 11) is 0. The smallest absolute Gasteiger partial charge is 0.406 e. The Morgan fingerprint density at radius 3 is 2.48 bits per heavy atom. The number of aromatic nitrogens is 2. The number of nitrogens with one attached hydrogen (secondary N) is 3. The average Bonchev–Trinajstić information content (AvgIpc) is 2.58. The minimum absolute atomic E-state index is 0.0296. The molecule has 0 fully saturated rings. The van der Waals surface area contributed by atoms with Crippen LogP contribution in [0, 0.1) is 5.92 Å². The van der Waals surface area contributed by atoms with Crippen LogP contribution in [0.1, 0.15) is 30.6 Å². The molecule has 31 heavy (non-hydrogen) atoms. The lowest BCUT2D eigenvalue weighted by Gasteiger charge is -2.18. The minimum Gasteiger partial charge on any atom is -0.406 e. The van der Waals surface area contributed by atoms with Crippen molar-refractivity contribution in [1.82, 2.24) is 9.97 Å². The van der Waals surface area contributed by atoms with Crippen molar-refractivity contribution in [2.45, 2.75) is 32.7 Å². The van der Waals surface area contributed by atoms with Gasteiger partial charge in [0.2, 0.25) is 11.9 Å². The summed E-state index contributed by atoms with van der Waals surface area (Å²) in [4.78, 5) is 42.1. The minimum atomic E-state index is -4.91. The SMILES string of the molecule is CC(C)C[C@@H](Nc1nc(Nc2cccc(OC(F)(F)F)c2)c(C(N)=O)c(=O)[nH]1)C(N)=O. The van der Waals surface area contributed by atoms with Crippen molar-refractivity contribution in [1.29, 1.82) is 0 Å². The lowest BCUT2D eigenvalue weighted by Crippen LogP contribution is -2.38. The van der Waals surface area contributed by atoms with Crippen LogP contribution < -0.4 is 32.4 Å². The number of nitrogens with zero attached hydrogens (tertiary/aromatic N) is 1. The first kappa shape index (κ1) is 23.5. The molecule has 2 amide bonds. The number of rotatable bonds is 9. The Morgan fingerprint density at radius 2 is 1.94 bits per heavy atom. The number of benzene rings is 1. The second-order valence-electron chi connectivity index (χ2n) is 6.93. The highest BCUT2D eigenvalue weighted by molar-refractivity contribution is 5.98. The molecule has 0 unspecified atom stereocenters. The number of halogens is 3. The number of hydrogen-bond acceptors (Lipinski definition) is 7. The largest absolute Gasteiger partial charge is 0.573 e. The summed E-state index contributed by atoms with van der Waals surface area (Å²) in [5.74, 6) is -2.80. The van der Waals surface area contributed by atoms with Crippen LogP contribution in [-0.2, 0) is 4.79 Å². The maximum Gasteiger partial charge on any atom is 0.573 e. The molecule has 1 aromatic heterocycles. The Labute approximate surface area is 174 Å². The molecule has 7 N–H and O–H groups in total. The summed E-state index contributed by atoms with van der Waals surface area (Å²) >= 11 is 0. The van der Waals surface area contributed by atoms with Gasteiger partial charge in [-0.05, 0) is 24.5 Å². The third-order valence-electron chi connectivity index (χ3n) is 3.86. The van der Waals surface area contributed by atoms with Gasteiger partial charge in [0.05, 0.1) is 0 Å². The molecule has 1 heterocycles. The molecule has 0 aliphatic rings. The molecule has 2 aromatic rings. The number of alkyl halides is 3. The number of ether oxygens (including phenoxy) is 1. The lowest BCUT2D eigenvalue weighted by molar-refractivity contribution is -0.274. The van der Waals surface area contributed by atoms with Crippen LogP contribution in [0.5, 0.6) is 5.75 Å². The number of hydrogen-bond donors (Lipinski definition) is 5. The van der Waals surface area contributed by atoms with Gasteiger partial charge in [-0.15, -0.1) is 13.2 Å². The summed E-state index contributed by atoms with van der Waals surface area (Å²) < 4.78 is 41.2. The van der Waals surface area contributed by atoms with E-state index >= 15 is 0 Å². The molecular weight excluding hydrogens is 421 g/mol. The highest BCUT2D eigenvalue weighted by Crippen LogP contribution is 2.27. The highest BCUT2D eigenvalue weighted by Gasteiger charge is 2.31. The second-order valence-corrected chi connectivity index (χ2v) is 6.93. The number of aromatic amines is 1. The van der Waals surface area contributed by atoms with E-state index in [1.165, 1.54) is 12.1 Å². The number of carbonyl (C=O) groups excluding carboxylic acids is 2. The molecule has 0 saturated heterocycles. The molecule has 0 aliphatic carbocycles. The standard InChI is InChI=1S/C18H21F3N6O4/c1-8(2)6-11(13(22)28)25-17-26-15(12(14(23)29)16(30)27-17)24-9-4-3-5-10(7-9)31-18(19,20)21/h3-5,7-8,11H,6H2,1-2H3,(H2,22,28)(H2,23,29)(H3,24,25,26,27,30)/t11-/m1/s1. The number of nitrogens with two attached hydrogens (primary N) is 2. The predicted octanol–water partition coefficient (Wildman–Crippen LogP) is 1.82. The molecule has 10 nitrogen and oxygen atoms in total. The monoisotopic (exact) mass is 442 g/mol. The van der Waals surface area contributed by atoms with E-state index in [0.717, 1.165) is 12.1 Å². The molecule has 1 aromatic carbocycles. The van der Waals surface area contributed by atoms with Gasteiger partial charge in [0, 0.05) is 11.8 Å². The zero-order chi connectivity index (χ0) is 23.3. The van der Waals surface area contributed by atoms with Crippen LogP contribution in [0.15, 0.2) is 29.1 Å². The number of amides is 2. The summed E-state index contributed by atoms with van der Waals surface area (Å²) in [5.41, 5.74) is 9.14. The predicted molar refractivity (Wildman–Crippen MR) is 106 cm³/mol. The lowest BCUT2D eigenvalue weighted by atomic mass is 10.0. The van der Waals surface area contributed by atoms with E-state index in [1.54, 1.807) is 0 Å². The van der Waals surface area contributed by atoms with Gasteiger partial charge in [-0.1, -0.05) is 19.9 Å². The van der Waals surface area contributed by atoms with Crippen molar-refractivity contribution in [2.24, 2.45) is 17.4 Å². The molecule has 13 heteroatoms. The van der Waals surface area contributed by atoms with E-state index in [1.807, 2.05) is 13.8 Å². The molecule has 168 valence electrons. The van der Waals surface area contributed by atoms with Crippen molar-refractivity contribution in [3.63, 3.8) is 0 Å². The maximum absolute atomic E-state index is 12.4. The molecule has 0 saturated carbocycles. The van der Waals surface area contributed by atoms with Crippen LogP contribution in [0.4, 0.5) is 30.6 Å². The topological polar surface area (TPSA) is 165 Å². The number of carbonyl (C=O) groups is 2. The summed E-state index contributed by atoms with van der Waals surface area (Å²) in [5, 5.41) is 5.25. The second kappa shape index (κ2) is 9.36. The van der Waals surface area contributed by atoms with E-state index in [-0.39, 0.29) is 23.4 Å². The number of primary amides is 2. The molecule has 0 aliphatic heterocycles. The molecule has 0 radical (unpaired) electrons. The van der Waals surface area contributed by atoms with Crippen molar-refractivity contribution in [3.8, 4) is 5.75 Å². The Hall–Kier alpha value is -3.77. The zero-order valence-electron chi connectivity index (χ0n) is 16.5. The Balaban J connectivity index is 2.42. The quantitative estimate of drug-likeness (QED) is 0.395. The Kier molecular flexibility index (Phi) is 7.10. The summed E-state index contributed by atoms with van der Waals surface area (Å²) in [6.45, 7) is 3.71. The fourth-order valence-electron chi connectivity index (χ4n) is 2.65. The van der Waals surface area contributed by atoms with E-state index in [4.69, 9.17) is 11.5 Å². The van der Waals surface area contributed by atoms with Crippen LogP contribution in [0.3, 0.4) is 0 Å². The van der Waals surface area contributed by atoms with Crippen molar-refractivity contribution in [3.05, 3.63) is 40.2 Å². The Morgan fingerprint density at radius 1 is 1.26 bits per heavy atom. The number of anilines is 3. The molecule has 0 spiro atoms. The van der Waals surface area contributed by atoms with E-state index in [9.17, 15) is 27.6 Å². The first-order valence-corrected chi connectivity index (χ1v) is 8.98. The van der Waals surface area contributed by atoms with Gasteiger partial charge in [0.1, 0.15) is 17.4 Å². The Bertz CT molecular complexity index is 1020. The fraction of sp³-hybridized carbons (Fsp3) is 0.333. The molecule has 0 bridgehead atoms. The fourth-order valence-corrected chi connectivity index (χ4v) is 2.65. The van der Waals surface area contributed by atoms with Crippen LogP contribution >= 0.6 is 0 Å². The van der Waals surface area contributed by atoms with Crippen LogP contribution in [0.25, 0.3) is 0 Å². The van der Waals surface area contributed by atoms with E-state index in [0.29, 0.717) is 6.42 Å². The van der Waals surface area contributed by atoms with Gasteiger partial charge < -0.3 is 26.8 Å². The first-order chi connectivity index (χ1) is 14.4. The zero-order valence-corrected chi connectivity index (χ0v) is 16.5. The average molecular weight is 442 g/mol. The number of H-pyrrole nitrogens is 1. The molecule has 2 rings (SSSR count). The van der Waals surface area contributed by atoms with E-state index in [2.05, 4.69) is 25.3 Å². The maximum atomic E-state index is 12.4. The van der Waals surface area contributed by atoms with Gasteiger partial charge in [-0.2, -0.15) is 4.98 Å². The third-order valence-corrected chi connectivity index (χ3v) is 3.86. The molecule has 1 atom stereocenters. The van der Waals surface area contributed by atoms with Gasteiger partial charge in [-0.3, -0.25) is 19.4 Å². The van der Waals surface area contributed by atoms with Gasteiger partial charge in [0.25, 0.3) is 11.5 Å². The van der Waals surface area contributed by atoms with Crippen LogP contribution in [0.2, 0.25) is 0 Å². The van der Waals surface area contributed by atoms with Crippen molar-refractivity contribution < 1.29 is 27.5 Å². The van der Waals surface area contributed by atoms with Crippen LogP contribution in [-0.4, -0.2) is 34.2 Å². The van der Waals surface area contributed by atoms with Gasteiger partial charge >= 0.3 is 6.36 Å². The summed E-state index contributed by atoms with van der Waals surface area (Å²) in [6, 6.07) is 3.79. The normalized spacial score (nSPS) is 12.3. The highest BCUT2D eigenvalue weighted by atomic mass is 19.4. The van der Waals surface area contributed by atoms with Crippen molar-refractivity contribution in [2.75, 3.05) is 10.6 Å². The first-order valence-electron chi connectivity index (χ1n) is 8.98. The van der Waals surface area contributed by atoms with Gasteiger partial charge in [0.15, 0.2) is 5.82 Å². The molecular formula is C18H21F3N6O4. The van der Waals surface area contributed by atoms with E-state index < -0.39 is 41.1 Å². The third kappa shape index (κ3) is 6.90.